The van der Waals surface area contributed by atoms with Crippen molar-refractivity contribution < 1.29 is 25.9 Å². The van der Waals surface area contributed by atoms with Gasteiger partial charge in [0.05, 0.1) is 23.7 Å². The molecule has 13 heteroatoms. The minimum Gasteiger partial charge on any atom is -0.326 e. The van der Waals surface area contributed by atoms with E-state index in [2.05, 4.69) is 25.9 Å². The molecule has 0 fully saturated rings. The van der Waals surface area contributed by atoms with Gasteiger partial charge in [-0.1, -0.05) is 0 Å². The van der Waals surface area contributed by atoms with Crippen molar-refractivity contribution in [2.24, 2.45) is 9.98 Å². The molecule has 1 rings (SSSR count). The highest BCUT2D eigenvalue weighted by atomic mass is 32.2. The van der Waals surface area contributed by atoms with Crippen LogP contribution in [0.1, 0.15) is 6.92 Å². The molecule has 0 aliphatic rings. The minimum absolute atomic E-state index is 0.0156. The van der Waals surface area contributed by atoms with Crippen molar-refractivity contribution in [3.63, 3.8) is 0 Å². The molecule has 0 atom stereocenters. The number of nitrogens with one attached hydrogen (secondary N) is 3. The van der Waals surface area contributed by atoms with Gasteiger partial charge in [-0.3, -0.25) is 19.4 Å². The molecule has 0 saturated carbocycles. The van der Waals surface area contributed by atoms with E-state index in [1.54, 1.807) is 0 Å². The maximum Gasteiger partial charge on any atom is 0.294 e. The van der Waals surface area contributed by atoms with Crippen LogP contribution in [0, 0.1) is 0 Å². The third-order valence-corrected chi connectivity index (χ3v) is 4.36. The summed E-state index contributed by atoms with van der Waals surface area (Å²) in [5, 5.41) is 8.39. The van der Waals surface area contributed by atoms with Crippen molar-refractivity contribution in [2.45, 2.75) is 11.8 Å². The van der Waals surface area contributed by atoms with E-state index in [4.69, 9.17) is 9.11 Å². The first kappa shape index (κ1) is 22.0. The molecule has 0 spiro atoms. The van der Waals surface area contributed by atoms with Crippen molar-refractivity contribution in [3.8, 4) is 0 Å². The molecule has 1 aromatic rings. The average Bonchev–Trinajstić information content (AvgIpc) is 2.53. The molecule has 0 aromatic heterocycles. The van der Waals surface area contributed by atoms with Crippen LogP contribution in [0.2, 0.25) is 0 Å². The lowest BCUT2D eigenvalue weighted by Crippen LogP contribution is -2.32. The predicted molar refractivity (Wildman–Crippen MR) is 98.8 cm³/mol. The van der Waals surface area contributed by atoms with Crippen LogP contribution in [0.4, 0.5) is 5.69 Å². The van der Waals surface area contributed by atoms with Crippen LogP contribution in [-0.2, 0) is 20.2 Å². The van der Waals surface area contributed by atoms with E-state index in [1.807, 2.05) is 6.92 Å². The largest absolute Gasteiger partial charge is 0.326 e. The van der Waals surface area contributed by atoms with Crippen molar-refractivity contribution in [1.82, 2.24) is 10.6 Å². The molecule has 0 unspecified atom stereocenters. The number of hydrogen-bond donors (Lipinski definition) is 5. The summed E-state index contributed by atoms with van der Waals surface area (Å²) in [6.45, 7) is 2.46. The van der Waals surface area contributed by atoms with Crippen molar-refractivity contribution >= 4 is 38.2 Å². The quantitative estimate of drug-likeness (QED) is 0.161. The van der Waals surface area contributed by atoms with Crippen LogP contribution < -0.4 is 16.0 Å². The molecule has 0 amide bonds. The highest BCUT2D eigenvalue weighted by Crippen LogP contribution is 2.13. The number of guanidine groups is 1. The van der Waals surface area contributed by atoms with Gasteiger partial charge >= 0.3 is 0 Å². The van der Waals surface area contributed by atoms with Gasteiger partial charge in [0.1, 0.15) is 0 Å². The predicted octanol–water partition coefficient (Wildman–Crippen LogP) is -0.226. The molecule has 5 N–H and O–H groups in total. The smallest absolute Gasteiger partial charge is 0.294 e. The Hall–Kier alpha value is -2.06. The molecule has 146 valence electrons. The third kappa shape index (κ3) is 9.43. The second-order valence-electron chi connectivity index (χ2n) is 4.85. The van der Waals surface area contributed by atoms with Gasteiger partial charge in [0.15, 0.2) is 0 Å². The lowest BCUT2D eigenvalue weighted by Gasteiger charge is -2.10. The van der Waals surface area contributed by atoms with E-state index >= 15 is 0 Å². The summed E-state index contributed by atoms with van der Waals surface area (Å²) >= 11 is 0. The molecule has 0 aliphatic carbocycles. The summed E-state index contributed by atoms with van der Waals surface area (Å²) in [4.78, 5) is 7.86. The van der Waals surface area contributed by atoms with Gasteiger partial charge in [0.2, 0.25) is 5.96 Å². The standard InChI is InChI=1S/C13H21N5O6S2/c1-2-14-9-16-13(17-10-15-7-8-25(19,20)21)18-11-3-5-12(6-4-11)26(22,23)24/h3-6,9,15H,2,7-8,10H2,1H3,(H,19,20,21)(H,22,23,24)(H2,14,16,17,18). The molecule has 26 heavy (non-hydrogen) atoms. The lowest BCUT2D eigenvalue weighted by atomic mass is 10.3. The van der Waals surface area contributed by atoms with Crippen molar-refractivity contribution in [1.29, 1.82) is 0 Å². The first-order valence-electron chi connectivity index (χ1n) is 7.41. The van der Waals surface area contributed by atoms with Gasteiger partial charge in [-0.05, 0) is 31.2 Å². The van der Waals surface area contributed by atoms with Crippen molar-refractivity contribution in [3.05, 3.63) is 24.3 Å². The van der Waals surface area contributed by atoms with Crippen LogP contribution in [0.15, 0.2) is 39.1 Å². The summed E-state index contributed by atoms with van der Waals surface area (Å²) in [5.74, 6) is -0.172. The zero-order chi connectivity index (χ0) is 19.6. The molecular formula is C13H21N5O6S2. The maximum atomic E-state index is 11.0. The zero-order valence-corrected chi connectivity index (χ0v) is 15.6. The van der Waals surface area contributed by atoms with Crippen LogP contribution in [0.5, 0.6) is 0 Å². The zero-order valence-electron chi connectivity index (χ0n) is 14.0. The second kappa shape index (κ2) is 10.2. The molecular weight excluding hydrogens is 386 g/mol. The fourth-order valence-corrected chi connectivity index (χ4v) is 2.46. The number of rotatable bonds is 9. The molecule has 0 radical (unpaired) electrons. The van der Waals surface area contributed by atoms with Gasteiger partial charge < -0.3 is 10.6 Å². The molecule has 0 saturated heterocycles. The van der Waals surface area contributed by atoms with Crippen molar-refractivity contribution in [2.75, 3.05) is 30.8 Å². The van der Waals surface area contributed by atoms with Crippen LogP contribution >= 0.6 is 0 Å². The van der Waals surface area contributed by atoms with Gasteiger partial charge in [0, 0.05) is 18.8 Å². The normalized spacial score (nSPS) is 13.1. The highest BCUT2D eigenvalue weighted by molar-refractivity contribution is 7.86. The fraction of sp³-hybridized carbons (Fsp3) is 0.385. The second-order valence-corrected chi connectivity index (χ2v) is 7.84. The first-order valence-corrected chi connectivity index (χ1v) is 10.5. The number of nitrogens with zero attached hydrogens (tertiary/aromatic N) is 2. The Kier molecular flexibility index (Phi) is 8.60. The number of hydrogen-bond acceptors (Lipinski definition) is 7. The third-order valence-electron chi connectivity index (χ3n) is 2.78. The number of benzene rings is 1. The Morgan fingerprint density at radius 1 is 1.15 bits per heavy atom. The van der Waals surface area contributed by atoms with E-state index < -0.39 is 26.0 Å². The van der Waals surface area contributed by atoms with E-state index in [0.717, 1.165) is 0 Å². The Bertz CT molecular complexity index is 834. The lowest BCUT2D eigenvalue weighted by molar-refractivity contribution is 0.479. The van der Waals surface area contributed by atoms with E-state index in [1.165, 1.54) is 30.6 Å². The summed E-state index contributed by atoms with van der Waals surface area (Å²) < 4.78 is 60.9. The fourth-order valence-electron chi connectivity index (χ4n) is 1.58. The van der Waals surface area contributed by atoms with Gasteiger partial charge in [0.25, 0.3) is 20.2 Å². The van der Waals surface area contributed by atoms with Crippen LogP contribution in [0.3, 0.4) is 0 Å². The SMILES string of the molecule is CCN=CN/C(=N\CNCCS(=O)(=O)O)Nc1ccc(S(=O)(=O)O)cc1. The Morgan fingerprint density at radius 2 is 1.81 bits per heavy atom. The van der Waals surface area contributed by atoms with Gasteiger partial charge in [-0.2, -0.15) is 16.8 Å². The minimum atomic E-state index is -4.27. The summed E-state index contributed by atoms with van der Waals surface area (Å²) in [5.41, 5.74) is 0.492. The number of aliphatic imine (C=N–C) groups is 2. The molecule has 11 nitrogen and oxygen atoms in total. The molecule has 0 heterocycles. The van der Waals surface area contributed by atoms with Crippen LogP contribution in [0.25, 0.3) is 0 Å². The molecule has 0 aliphatic heterocycles. The monoisotopic (exact) mass is 407 g/mol. The molecule has 1 aromatic carbocycles. The van der Waals surface area contributed by atoms with Crippen LogP contribution in [-0.4, -0.2) is 63.8 Å². The summed E-state index contributed by atoms with van der Waals surface area (Å²) in [7, 11) is -8.31. The van der Waals surface area contributed by atoms with E-state index in [0.29, 0.717) is 12.2 Å². The van der Waals surface area contributed by atoms with E-state index in [9.17, 15) is 16.8 Å². The maximum absolute atomic E-state index is 11.0. The Labute approximate surface area is 152 Å². The van der Waals surface area contributed by atoms with Gasteiger partial charge in [-0.15, -0.1) is 0 Å². The molecule has 0 bridgehead atoms. The topological polar surface area (TPSA) is 170 Å². The Morgan fingerprint density at radius 3 is 2.35 bits per heavy atom. The average molecular weight is 407 g/mol. The Balaban J connectivity index is 2.73. The summed E-state index contributed by atoms with van der Waals surface area (Å²) in [6, 6.07) is 5.31. The van der Waals surface area contributed by atoms with E-state index in [-0.39, 0.29) is 24.1 Å². The van der Waals surface area contributed by atoms with Gasteiger partial charge in [-0.25, -0.2) is 4.99 Å². The number of anilines is 1. The first-order chi connectivity index (χ1) is 12.1. The highest BCUT2D eigenvalue weighted by Gasteiger charge is 2.09. The summed E-state index contributed by atoms with van der Waals surface area (Å²) in [6.07, 6.45) is 1.41.